The van der Waals surface area contributed by atoms with Gasteiger partial charge in [-0.2, -0.15) is 0 Å². The molecular formula is C8H11FO2. The van der Waals surface area contributed by atoms with E-state index in [0.717, 1.165) is 0 Å². The summed E-state index contributed by atoms with van der Waals surface area (Å²) in [6.07, 6.45) is -1.50. The molecule has 0 N–H and O–H groups in total. The molecule has 0 bridgehead atoms. The predicted octanol–water partition coefficient (Wildman–Crippen LogP) is 1.28. The maximum Gasteiger partial charge on any atom is 0.174 e. The average molecular weight is 158 g/mol. The number of rotatable bonds is 0. The summed E-state index contributed by atoms with van der Waals surface area (Å²) in [7, 11) is 0. The number of Topliss-reactive ketones (excluding diaryl/α,β-unsaturated/α-hetero) is 2. The number of ketones is 2. The molecule has 0 spiro atoms. The Labute approximate surface area is 64.8 Å². The first-order valence-corrected chi connectivity index (χ1v) is 3.62. The van der Waals surface area contributed by atoms with Crippen LogP contribution < -0.4 is 0 Å². The van der Waals surface area contributed by atoms with Crippen molar-refractivity contribution < 1.29 is 14.0 Å². The van der Waals surface area contributed by atoms with Gasteiger partial charge in [0.2, 0.25) is 0 Å². The fourth-order valence-electron chi connectivity index (χ4n) is 1.38. The molecule has 62 valence electrons. The van der Waals surface area contributed by atoms with Gasteiger partial charge in [0, 0.05) is 11.8 Å². The van der Waals surface area contributed by atoms with E-state index in [9.17, 15) is 14.0 Å². The van der Waals surface area contributed by atoms with Crippen molar-refractivity contribution in [1.29, 1.82) is 0 Å². The van der Waals surface area contributed by atoms with Gasteiger partial charge in [-0.05, 0) is 0 Å². The fraction of sp³-hybridized carbons (Fsp3) is 0.750. The molecule has 11 heavy (non-hydrogen) atoms. The lowest BCUT2D eigenvalue weighted by Gasteiger charge is -2.30. The van der Waals surface area contributed by atoms with E-state index in [4.69, 9.17) is 0 Å². The quantitative estimate of drug-likeness (QED) is 0.498. The van der Waals surface area contributed by atoms with Gasteiger partial charge in [0.25, 0.3) is 0 Å². The van der Waals surface area contributed by atoms with Crippen LogP contribution in [-0.4, -0.2) is 17.7 Å². The summed E-state index contributed by atoms with van der Waals surface area (Å²) in [5.41, 5.74) is -0.785. The first kappa shape index (κ1) is 8.37. The molecule has 1 atom stereocenters. The molecule has 0 amide bonds. The van der Waals surface area contributed by atoms with Crippen LogP contribution in [0.1, 0.15) is 26.7 Å². The Morgan fingerprint density at radius 2 is 2.00 bits per heavy atom. The molecule has 1 fully saturated rings. The Kier molecular flexibility index (Phi) is 1.82. The van der Waals surface area contributed by atoms with Crippen molar-refractivity contribution in [2.45, 2.75) is 32.9 Å². The molecule has 0 heterocycles. The summed E-state index contributed by atoms with van der Waals surface area (Å²) in [6.45, 7) is 3.21. The molecule has 1 saturated carbocycles. The van der Waals surface area contributed by atoms with Crippen LogP contribution in [0.2, 0.25) is 0 Å². The predicted molar refractivity (Wildman–Crippen MR) is 37.9 cm³/mol. The summed E-state index contributed by atoms with van der Waals surface area (Å²) < 4.78 is 13.0. The normalized spacial score (nSPS) is 30.6. The van der Waals surface area contributed by atoms with Gasteiger partial charge >= 0.3 is 0 Å². The second kappa shape index (κ2) is 2.40. The lowest BCUT2D eigenvalue weighted by atomic mass is 9.75. The van der Waals surface area contributed by atoms with E-state index >= 15 is 0 Å². The van der Waals surface area contributed by atoms with Crippen LogP contribution in [-0.2, 0) is 9.59 Å². The average Bonchev–Trinajstić information content (AvgIpc) is 1.81. The van der Waals surface area contributed by atoms with E-state index in [1.54, 1.807) is 13.8 Å². The number of halogens is 1. The second-order valence-electron chi connectivity index (χ2n) is 3.71. The Morgan fingerprint density at radius 1 is 1.45 bits per heavy atom. The monoisotopic (exact) mass is 158 g/mol. The van der Waals surface area contributed by atoms with Crippen LogP contribution in [0.15, 0.2) is 0 Å². The minimum absolute atomic E-state index is 0.145. The van der Waals surface area contributed by atoms with E-state index in [1.807, 2.05) is 0 Å². The van der Waals surface area contributed by atoms with Gasteiger partial charge in [-0.1, -0.05) is 13.8 Å². The van der Waals surface area contributed by atoms with E-state index < -0.39 is 17.4 Å². The highest BCUT2D eigenvalue weighted by atomic mass is 19.1. The molecule has 0 aromatic heterocycles. The molecule has 1 aliphatic carbocycles. The molecule has 1 unspecified atom stereocenters. The van der Waals surface area contributed by atoms with Crippen LogP contribution in [0.3, 0.4) is 0 Å². The van der Waals surface area contributed by atoms with Gasteiger partial charge < -0.3 is 0 Å². The third kappa shape index (κ3) is 1.47. The summed E-state index contributed by atoms with van der Waals surface area (Å²) >= 11 is 0. The summed E-state index contributed by atoms with van der Waals surface area (Å²) in [6, 6.07) is 0. The van der Waals surface area contributed by atoms with Crippen molar-refractivity contribution in [1.82, 2.24) is 0 Å². The zero-order chi connectivity index (χ0) is 8.65. The Morgan fingerprint density at radius 3 is 2.45 bits per heavy atom. The summed E-state index contributed by atoms with van der Waals surface area (Å²) in [5.74, 6) is -0.708. The van der Waals surface area contributed by atoms with Gasteiger partial charge in [0.05, 0.1) is 6.42 Å². The Bertz CT molecular complexity index is 208. The van der Waals surface area contributed by atoms with E-state index in [1.165, 1.54) is 0 Å². The lowest BCUT2D eigenvalue weighted by Crippen LogP contribution is -2.40. The topological polar surface area (TPSA) is 34.1 Å². The van der Waals surface area contributed by atoms with Crippen LogP contribution in [0.25, 0.3) is 0 Å². The second-order valence-corrected chi connectivity index (χ2v) is 3.71. The molecule has 0 saturated heterocycles. The van der Waals surface area contributed by atoms with Crippen LogP contribution >= 0.6 is 0 Å². The molecule has 1 aliphatic rings. The zero-order valence-electron chi connectivity index (χ0n) is 6.69. The van der Waals surface area contributed by atoms with E-state index in [0.29, 0.717) is 0 Å². The standard InChI is InChI=1S/C8H11FO2/c1-8(2)4-5(10)3-6(11)7(8)9/h7H,3-4H2,1-2H3. The smallest absolute Gasteiger partial charge is 0.174 e. The number of carbonyl (C=O) groups is 2. The maximum atomic E-state index is 13.0. The van der Waals surface area contributed by atoms with Gasteiger partial charge in [-0.3, -0.25) is 9.59 Å². The van der Waals surface area contributed by atoms with Crippen LogP contribution in [0, 0.1) is 5.41 Å². The minimum Gasteiger partial charge on any atom is -0.299 e. The van der Waals surface area contributed by atoms with Crippen molar-refractivity contribution in [3.63, 3.8) is 0 Å². The summed E-state index contributed by atoms with van der Waals surface area (Å²) in [4.78, 5) is 21.7. The molecule has 2 nitrogen and oxygen atoms in total. The van der Waals surface area contributed by atoms with E-state index in [2.05, 4.69) is 0 Å². The highest BCUT2D eigenvalue weighted by Gasteiger charge is 2.41. The van der Waals surface area contributed by atoms with Crippen molar-refractivity contribution in [3.05, 3.63) is 0 Å². The first-order chi connectivity index (χ1) is 4.93. The van der Waals surface area contributed by atoms with Crippen molar-refractivity contribution in [2.24, 2.45) is 5.41 Å². The molecule has 0 radical (unpaired) electrons. The molecule has 3 heteroatoms. The highest BCUT2D eigenvalue weighted by Crippen LogP contribution is 2.33. The van der Waals surface area contributed by atoms with Crippen molar-refractivity contribution >= 4 is 11.6 Å². The third-order valence-corrected chi connectivity index (χ3v) is 1.99. The maximum absolute atomic E-state index is 13.0. The third-order valence-electron chi connectivity index (χ3n) is 1.99. The van der Waals surface area contributed by atoms with Crippen LogP contribution in [0.5, 0.6) is 0 Å². The van der Waals surface area contributed by atoms with Gasteiger partial charge in [0.15, 0.2) is 12.0 Å². The van der Waals surface area contributed by atoms with Gasteiger partial charge in [-0.15, -0.1) is 0 Å². The number of hydrogen-bond donors (Lipinski definition) is 0. The largest absolute Gasteiger partial charge is 0.299 e. The SMILES string of the molecule is CC1(C)CC(=O)CC(=O)C1F. The number of hydrogen-bond acceptors (Lipinski definition) is 2. The number of carbonyl (C=O) groups excluding carboxylic acids is 2. The number of alkyl halides is 1. The Balaban J connectivity index is 2.83. The van der Waals surface area contributed by atoms with Crippen molar-refractivity contribution in [2.75, 3.05) is 0 Å². The molecular weight excluding hydrogens is 147 g/mol. The molecule has 0 aromatic carbocycles. The van der Waals surface area contributed by atoms with Gasteiger partial charge in [-0.25, -0.2) is 4.39 Å². The molecule has 0 aliphatic heterocycles. The summed E-state index contributed by atoms with van der Waals surface area (Å²) in [5, 5.41) is 0. The lowest BCUT2D eigenvalue weighted by molar-refractivity contribution is -0.139. The highest BCUT2D eigenvalue weighted by molar-refractivity contribution is 6.04. The molecule has 0 aromatic rings. The minimum atomic E-state index is -1.46. The van der Waals surface area contributed by atoms with Gasteiger partial charge in [0.1, 0.15) is 5.78 Å². The van der Waals surface area contributed by atoms with Crippen LogP contribution in [0.4, 0.5) is 4.39 Å². The van der Waals surface area contributed by atoms with Crippen molar-refractivity contribution in [3.8, 4) is 0 Å². The zero-order valence-corrected chi connectivity index (χ0v) is 6.69. The Hall–Kier alpha value is -0.730. The van der Waals surface area contributed by atoms with E-state index in [-0.39, 0.29) is 18.6 Å². The molecule has 1 rings (SSSR count). The fourth-order valence-corrected chi connectivity index (χ4v) is 1.38. The first-order valence-electron chi connectivity index (χ1n) is 3.62.